The van der Waals surface area contributed by atoms with Gasteiger partial charge in [-0.2, -0.15) is 0 Å². The molecule has 0 unspecified atom stereocenters. The molecule has 2 heteroatoms. The summed E-state index contributed by atoms with van der Waals surface area (Å²) in [6, 6.07) is 7.62. The first-order chi connectivity index (χ1) is 8.15. The SMILES string of the molecule is Cc1ccc(C(=O)C=C2C=CN(C)C=C2)cc1. The molecule has 0 aromatic heterocycles. The fraction of sp³-hybridized carbons (Fsp3) is 0.133. The van der Waals surface area contributed by atoms with Crippen molar-refractivity contribution in [3.8, 4) is 0 Å². The first kappa shape index (κ1) is 11.4. The Hall–Kier alpha value is -2.09. The highest BCUT2D eigenvalue weighted by Crippen LogP contribution is 2.11. The van der Waals surface area contributed by atoms with Crippen LogP contribution in [0.3, 0.4) is 0 Å². The molecule has 1 aliphatic rings. The van der Waals surface area contributed by atoms with Crippen molar-refractivity contribution >= 4 is 5.78 Å². The maximum atomic E-state index is 11.9. The number of hydrogen-bond donors (Lipinski definition) is 0. The van der Waals surface area contributed by atoms with Crippen molar-refractivity contribution in [1.29, 1.82) is 0 Å². The van der Waals surface area contributed by atoms with Gasteiger partial charge in [0.15, 0.2) is 5.78 Å². The summed E-state index contributed by atoms with van der Waals surface area (Å²) in [5.74, 6) is 0.0406. The average molecular weight is 225 g/mol. The molecule has 0 fully saturated rings. The molecule has 17 heavy (non-hydrogen) atoms. The number of nitrogens with zero attached hydrogens (tertiary/aromatic N) is 1. The normalized spacial score (nSPS) is 14.0. The standard InChI is InChI=1S/C15H15NO/c1-12-3-5-14(6-4-12)15(17)11-13-7-9-16(2)10-8-13/h3-11H,1-2H3. The third-order valence-corrected chi connectivity index (χ3v) is 2.64. The minimum atomic E-state index is 0.0406. The van der Waals surface area contributed by atoms with Crippen molar-refractivity contribution in [2.75, 3.05) is 7.05 Å². The zero-order chi connectivity index (χ0) is 12.3. The molecule has 0 saturated carbocycles. The summed E-state index contributed by atoms with van der Waals surface area (Å²) in [4.78, 5) is 13.9. The minimum Gasteiger partial charge on any atom is -0.357 e. The zero-order valence-corrected chi connectivity index (χ0v) is 10.1. The van der Waals surface area contributed by atoms with Crippen LogP contribution in [0.15, 0.2) is 60.5 Å². The van der Waals surface area contributed by atoms with Crippen molar-refractivity contribution < 1.29 is 4.79 Å². The quantitative estimate of drug-likeness (QED) is 0.569. The summed E-state index contributed by atoms with van der Waals surface area (Å²) in [6.45, 7) is 2.01. The second-order valence-electron chi connectivity index (χ2n) is 4.17. The Balaban J connectivity index is 2.17. The highest BCUT2D eigenvalue weighted by molar-refractivity contribution is 6.05. The van der Waals surface area contributed by atoms with Crippen LogP contribution >= 0.6 is 0 Å². The van der Waals surface area contributed by atoms with Gasteiger partial charge in [0, 0.05) is 25.0 Å². The van der Waals surface area contributed by atoms with Gasteiger partial charge in [0.25, 0.3) is 0 Å². The molecule has 0 aliphatic carbocycles. The van der Waals surface area contributed by atoms with E-state index in [0.717, 1.165) is 16.7 Å². The fourth-order valence-electron chi connectivity index (χ4n) is 1.56. The molecule has 0 spiro atoms. The summed E-state index contributed by atoms with van der Waals surface area (Å²) in [5.41, 5.74) is 2.81. The molecule has 1 aromatic carbocycles. The smallest absolute Gasteiger partial charge is 0.186 e. The Bertz CT molecular complexity index is 490. The second-order valence-corrected chi connectivity index (χ2v) is 4.17. The van der Waals surface area contributed by atoms with Gasteiger partial charge < -0.3 is 4.90 Å². The van der Waals surface area contributed by atoms with Gasteiger partial charge in [0.2, 0.25) is 0 Å². The average Bonchev–Trinajstić information content (AvgIpc) is 2.33. The number of ketones is 1. The van der Waals surface area contributed by atoms with Crippen molar-refractivity contribution in [2.24, 2.45) is 0 Å². The lowest BCUT2D eigenvalue weighted by Gasteiger charge is -2.11. The number of aryl methyl sites for hydroxylation is 1. The van der Waals surface area contributed by atoms with E-state index in [1.165, 1.54) is 0 Å². The van der Waals surface area contributed by atoms with Gasteiger partial charge in [-0.3, -0.25) is 4.79 Å². The Labute approximate surface area is 102 Å². The molecule has 2 rings (SSSR count). The molecule has 0 saturated heterocycles. The van der Waals surface area contributed by atoms with Gasteiger partial charge >= 0.3 is 0 Å². The van der Waals surface area contributed by atoms with Crippen LogP contribution in [0.5, 0.6) is 0 Å². The molecule has 2 nitrogen and oxygen atoms in total. The number of benzene rings is 1. The largest absolute Gasteiger partial charge is 0.357 e. The van der Waals surface area contributed by atoms with E-state index in [4.69, 9.17) is 0 Å². The number of carbonyl (C=O) groups excluding carboxylic acids is 1. The molecule has 0 radical (unpaired) electrons. The molecule has 1 heterocycles. The van der Waals surface area contributed by atoms with Crippen LogP contribution in [0, 0.1) is 6.92 Å². The molecular weight excluding hydrogens is 210 g/mol. The zero-order valence-electron chi connectivity index (χ0n) is 10.1. The monoisotopic (exact) mass is 225 g/mol. The number of carbonyl (C=O) groups is 1. The van der Waals surface area contributed by atoms with Crippen LogP contribution < -0.4 is 0 Å². The summed E-state index contributed by atoms with van der Waals surface area (Å²) in [7, 11) is 1.95. The predicted octanol–water partition coefficient (Wildman–Crippen LogP) is 3.08. The molecule has 1 aliphatic heterocycles. The van der Waals surface area contributed by atoms with Crippen molar-refractivity contribution in [3.63, 3.8) is 0 Å². The second kappa shape index (κ2) is 4.83. The Morgan fingerprint density at radius 3 is 2.29 bits per heavy atom. The lowest BCUT2D eigenvalue weighted by atomic mass is 10.1. The maximum absolute atomic E-state index is 11.9. The van der Waals surface area contributed by atoms with E-state index in [0.29, 0.717) is 0 Å². The first-order valence-electron chi connectivity index (χ1n) is 5.56. The molecular formula is C15H15NO. The van der Waals surface area contributed by atoms with Crippen molar-refractivity contribution in [3.05, 3.63) is 71.6 Å². The van der Waals surface area contributed by atoms with Crippen LogP contribution in [-0.4, -0.2) is 17.7 Å². The van der Waals surface area contributed by atoms with Gasteiger partial charge in [-0.1, -0.05) is 29.8 Å². The van der Waals surface area contributed by atoms with E-state index < -0.39 is 0 Å². The van der Waals surface area contributed by atoms with E-state index in [1.807, 2.05) is 67.7 Å². The summed E-state index contributed by atoms with van der Waals surface area (Å²) >= 11 is 0. The Morgan fingerprint density at radius 1 is 1.12 bits per heavy atom. The number of allylic oxidation sites excluding steroid dienone is 4. The van der Waals surface area contributed by atoms with Gasteiger partial charge in [-0.25, -0.2) is 0 Å². The fourth-order valence-corrected chi connectivity index (χ4v) is 1.56. The predicted molar refractivity (Wildman–Crippen MR) is 69.6 cm³/mol. The molecule has 0 bridgehead atoms. The summed E-state index contributed by atoms with van der Waals surface area (Å²) in [6.07, 6.45) is 9.35. The lowest BCUT2D eigenvalue weighted by Crippen LogP contribution is -2.04. The summed E-state index contributed by atoms with van der Waals surface area (Å²) < 4.78 is 0. The van der Waals surface area contributed by atoms with Crippen LogP contribution in [0.1, 0.15) is 15.9 Å². The van der Waals surface area contributed by atoms with Crippen LogP contribution in [0.2, 0.25) is 0 Å². The van der Waals surface area contributed by atoms with E-state index in [2.05, 4.69) is 0 Å². The Morgan fingerprint density at radius 2 is 1.71 bits per heavy atom. The van der Waals surface area contributed by atoms with E-state index in [-0.39, 0.29) is 5.78 Å². The van der Waals surface area contributed by atoms with Crippen molar-refractivity contribution in [2.45, 2.75) is 6.92 Å². The first-order valence-corrected chi connectivity index (χ1v) is 5.56. The number of rotatable bonds is 2. The van der Waals surface area contributed by atoms with Crippen LogP contribution in [-0.2, 0) is 0 Å². The third-order valence-electron chi connectivity index (χ3n) is 2.64. The minimum absolute atomic E-state index is 0.0406. The van der Waals surface area contributed by atoms with Crippen LogP contribution in [0.4, 0.5) is 0 Å². The molecule has 0 amide bonds. The van der Waals surface area contributed by atoms with E-state index >= 15 is 0 Å². The number of hydrogen-bond acceptors (Lipinski definition) is 2. The highest BCUT2D eigenvalue weighted by Gasteiger charge is 2.03. The van der Waals surface area contributed by atoms with E-state index in [1.54, 1.807) is 6.08 Å². The van der Waals surface area contributed by atoms with Crippen molar-refractivity contribution in [1.82, 2.24) is 4.90 Å². The molecule has 0 atom stereocenters. The van der Waals surface area contributed by atoms with E-state index in [9.17, 15) is 4.79 Å². The van der Waals surface area contributed by atoms with Crippen LogP contribution in [0.25, 0.3) is 0 Å². The Kier molecular flexibility index (Phi) is 3.24. The maximum Gasteiger partial charge on any atom is 0.186 e. The van der Waals surface area contributed by atoms with Gasteiger partial charge in [0.1, 0.15) is 0 Å². The van der Waals surface area contributed by atoms with Gasteiger partial charge in [0.05, 0.1) is 0 Å². The lowest BCUT2D eigenvalue weighted by molar-refractivity contribution is 0.104. The van der Waals surface area contributed by atoms with Gasteiger partial charge in [-0.05, 0) is 30.7 Å². The molecule has 86 valence electrons. The van der Waals surface area contributed by atoms with Gasteiger partial charge in [-0.15, -0.1) is 0 Å². The highest BCUT2D eigenvalue weighted by atomic mass is 16.1. The third kappa shape index (κ3) is 2.94. The topological polar surface area (TPSA) is 20.3 Å². The molecule has 1 aromatic rings. The molecule has 0 N–H and O–H groups in total. The summed E-state index contributed by atoms with van der Waals surface area (Å²) in [5, 5.41) is 0.